The normalized spacial score (nSPS) is 23.7. The average Bonchev–Trinajstić information content (AvgIpc) is 2.97. The summed E-state index contributed by atoms with van der Waals surface area (Å²) in [6.45, 7) is 2.26. The van der Waals surface area contributed by atoms with Crippen LogP contribution in [0.1, 0.15) is 25.7 Å². The minimum Gasteiger partial charge on any atom is -0.347 e. The van der Waals surface area contributed by atoms with Crippen LogP contribution >= 0.6 is 0 Å². The molecule has 1 aliphatic heterocycles. The van der Waals surface area contributed by atoms with Crippen LogP contribution in [0.5, 0.6) is 0 Å². The van der Waals surface area contributed by atoms with E-state index < -0.39 is 0 Å². The van der Waals surface area contributed by atoms with Gasteiger partial charge in [0.25, 0.3) is 0 Å². The Balaban J connectivity index is 2.02. The second-order valence-corrected chi connectivity index (χ2v) is 7.28. The van der Waals surface area contributed by atoms with E-state index in [0.29, 0.717) is 5.96 Å². The van der Waals surface area contributed by atoms with E-state index in [4.69, 9.17) is 0 Å². The van der Waals surface area contributed by atoms with Crippen LogP contribution in [0.3, 0.4) is 0 Å². The van der Waals surface area contributed by atoms with Crippen molar-refractivity contribution in [2.45, 2.75) is 25.7 Å². The number of fused-ring (bicyclic) bond motifs is 1. The third-order valence-electron chi connectivity index (χ3n) is 5.04. The lowest BCUT2D eigenvalue weighted by Crippen LogP contribution is -2.45. The molecular formula is C17H31N5O2. The fraction of sp³-hybridized carbons (Fsp3) is 0.824. The Morgan fingerprint density at radius 1 is 1.00 bits per heavy atom. The molecule has 0 radical (unpaired) electrons. The topological polar surface area (TPSA) is 68.2 Å². The van der Waals surface area contributed by atoms with Gasteiger partial charge in [0.2, 0.25) is 11.8 Å². The summed E-state index contributed by atoms with van der Waals surface area (Å²) in [6.07, 6.45) is 5.18. The molecule has 7 nitrogen and oxygen atoms in total. The van der Waals surface area contributed by atoms with Crippen LogP contribution in [0.15, 0.2) is 4.99 Å². The minimum atomic E-state index is -0.0372. The second-order valence-electron chi connectivity index (χ2n) is 7.28. The van der Waals surface area contributed by atoms with Crippen molar-refractivity contribution in [3.63, 3.8) is 0 Å². The third kappa shape index (κ3) is 4.85. The molecule has 136 valence electrons. The van der Waals surface area contributed by atoms with Crippen molar-refractivity contribution in [1.82, 2.24) is 20.0 Å². The number of hydrogen-bond acceptors (Lipinski definition) is 3. The molecule has 1 saturated heterocycles. The van der Waals surface area contributed by atoms with Gasteiger partial charge in [-0.1, -0.05) is 12.8 Å². The molecule has 24 heavy (non-hydrogen) atoms. The first-order valence-electron chi connectivity index (χ1n) is 8.82. The number of nitrogens with one attached hydrogen (secondary N) is 1. The molecule has 0 bridgehead atoms. The number of aliphatic imine (C=N–C) groups is 1. The predicted octanol–water partition coefficient (Wildman–Crippen LogP) is 0.230. The largest absolute Gasteiger partial charge is 0.347 e. The SMILES string of the molecule is CN(C)C(=O)CN=C(NCC(=O)N(C)C)N1CC2CCCCC2C1. The molecule has 1 heterocycles. The summed E-state index contributed by atoms with van der Waals surface area (Å²) in [6, 6.07) is 0. The van der Waals surface area contributed by atoms with Gasteiger partial charge in [-0.3, -0.25) is 9.59 Å². The Bertz CT molecular complexity index is 475. The van der Waals surface area contributed by atoms with E-state index in [9.17, 15) is 9.59 Å². The molecule has 2 amide bonds. The molecule has 2 unspecified atom stereocenters. The Morgan fingerprint density at radius 2 is 1.54 bits per heavy atom. The lowest BCUT2D eigenvalue weighted by Gasteiger charge is -2.23. The Hall–Kier alpha value is -1.79. The molecule has 2 aliphatic rings. The van der Waals surface area contributed by atoms with Crippen molar-refractivity contribution in [3.05, 3.63) is 0 Å². The van der Waals surface area contributed by atoms with E-state index in [1.165, 1.54) is 30.6 Å². The van der Waals surface area contributed by atoms with Gasteiger partial charge in [0.05, 0.1) is 6.54 Å². The minimum absolute atomic E-state index is 0.00162. The molecule has 0 spiro atoms. The van der Waals surface area contributed by atoms with Crippen molar-refractivity contribution in [3.8, 4) is 0 Å². The highest BCUT2D eigenvalue weighted by atomic mass is 16.2. The number of rotatable bonds is 4. The standard InChI is InChI=1S/C17H31N5O2/c1-20(2)15(23)9-18-17(19-10-16(24)21(3)4)22-11-13-7-5-6-8-14(13)12-22/h13-14H,5-12H2,1-4H3,(H,18,19). The monoisotopic (exact) mass is 337 g/mol. The van der Waals surface area contributed by atoms with Crippen LogP contribution in [-0.4, -0.2) is 86.8 Å². The van der Waals surface area contributed by atoms with Crippen molar-refractivity contribution < 1.29 is 9.59 Å². The van der Waals surface area contributed by atoms with Crippen LogP contribution in [0.25, 0.3) is 0 Å². The third-order valence-corrected chi connectivity index (χ3v) is 5.04. The van der Waals surface area contributed by atoms with Crippen molar-refractivity contribution in [1.29, 1.82) is 0 Å². The number of carbonyl (C=O) groups excluding carboxylic acids is 2. The van der Waals surface area contributed by atoms with E-state index in [1.807, 2.05) is 0 Å². The maximum atomic E-state index is 11.9. The molecule has 0 aromatic rings. The quantitative estimate of drug-likeness (QED) is 0.589. The smallest absolute Gasteiger partial charge is 0.243 e. The van der Waals surface area contributed by atoms with Gasteiger partial charge in [0, 0.05) is 41.3 Å². The summed E-state index contributed by atoms with van der Waals surface area (Å²) in [4.78, 5) is 33.5. The van der Waals surface area contributed by atoms with Crippen LogP contribution in [-0.2, 0) is 9.59 Å². The van der Waals surface area contributed by atoms with Crippen molar-refractivity contribution >= 4 is 17.8 Å². The number of carbonyl (C=O) groups is 2. The number of guanidine groups is 1. The lowest BCUT2D eigenvalue weighted by atomic mass is 9.82. The Morgan fingerprint density at radius 3 is 2.04 bits per heavy atom. The molecule has 2 atom stereocenters. The number of likely N-dealkylation sites (N-methyl/N-ethyl adjacent to an activating group) is 2. The van der Waals surface area contributed by atoms with Crippen LogP contribution in [0.2, 0.25) is 0 Å². The summed E-state index contributed by atoms with van der Waals surface area (Å²) in [5, 5.41) is 3.16. The van der Waals surface area contributed by atoms with Gasteiger partial charge in [-0.25, -0.2) is 4.99 Å². The molecule has 1 aliphatic carbocycles. The highest BCUT2D eigenvalue weighted by Crippen LogP contribution is 2.35. The molecule has 7 heteroatoms. The number of hydrogen-bond donors (Lipinski definition) is 1. The van der Waals surface area contributed by atoms with Crippen LogP contribution in [0.4, 0.5) is 0 Å². The Labute approximate surface area is 145 Å². The first-order valence-corrected chi connectivity index (χ1v) is 8.82. The first kappa shape index (κ1) is 18.5. The summed E-state index contributed by atoms with van der Waals surface area (Å²) in [5.74, 6) is 2.09. The highest BCUT2D eigenvalue weighted by molar-refractivity contribution is 5.88. The zero-order valence-corrected chi connectivity index (χ0v) is 15.4. The van der Waals surface area contributed by atoms with Gasteiger partial charge in [-0.2, -0.15) is 0 Å². The van der Waals surface area contributed by atoms with Gasteiger partial charge < -0.3 is 20.0 Å². The summed E-state index contributed by atoms with van der Waals surface area (Å²) in [7, 11) is 6.93. The summed E-state index contributed by atoms with van der Waals surface area (Å²) < 4.78 is 0. The van der Waals surface area contributed by atoms with Gasteiger partial charge >= 0.3 is 0 Å². The Kier molecular flexibility index (Phi) is 6.45. The van der Waals surface area contributed by atoms with E-state index >= 15 is 0 Å². The van der Waals surface area contributed by atoms with Gasteiger partial charge in [-0.05, 0) is 24.7 Å². The first-order chi connectivity index (χ1) is 11.4. The molecule has 0 aromatic carbocycles. The molecule has 2 fully saturated rings. The van der Waals surface area contributed by atoms with Gasteiger partial charge in [-0.15, -0.1) is 0 Å². The number of likely N-dealkylation sites (tertiary alicyclic amines) is 1. The highest BCUT2D eigenvalue weighted by Gasteiger charge is 2.35. The maximum absolute atomic E-state index is 11.9. The molecule has 0 aromatic heterocycles. The molecular weight excluding hydrogens is 306 g/mol. The fourth-order valence-electron chi connectivity index (χ4n) is 3.44. The van der Waals surface area contributed by atoms with Crippen molar-refractivity contribution in [2.75, 3.05) is 54.4 Å². The second kappa shape index (κ2) is 8.35. The predicted molar refractivity (Wildman–Crippen MR) is 94.7 cm³/mol. The fourth-order valence-corrected chi connectivity index (χ4v) is 3.44. The van der Waals surface area contributed by atoms with E-state index in [0.717, 1.165) is 24.9 Å². The number of amides is 2. The zero-order valence-electron chi connectivity index (χ0n) is 15.4. The average molecular weight is 337 g/mol. The van der Waals surface area contributed by atoms with Gasteiger partial charge in [0.15, 0.2) is 5.96 Å². The number of nitrogens with zero attached hydrogens (tertiary/aromatic N) is 4. The molecule has 2 rings (SSSR count). The lowest BCUT2D eigenvalue weighted by molar-refractivity contribution is -0.127. The summed E-state index contributed by atoms with van der Waals surface area (Å²) >= 11 is 0. The van der Waals surface area contributed by atoms with Crippen LogP contribution in [0, 0.1) is 11.8 Å². The van der Waals surface area contributed by atoms with E-state index in [-0.39, 0.29) is 24.9 Å². The zero-order chi connectivity index (χ0) is 17.7. The molecule has 1 N–H and O–H groups in total. The molecule has 1 saturated carbocycles. The van der Waals surface area contributed by atoms with E-state index in [1.54, 1.807) is 33.1 Å². The van der Waals surface area contributed by atoms with E-state index in [2.05, 4.69) is 15.2 Å². The van der Waals surface area contributed by atoms with Crippen molar-refractivity contribution in [2.24, 2.45) is 16.8 Å². The van der Waals surface area contributed by atoms with Crippen LogP contribution < -0.4 is 5.32 Å². The van der Waals surface area contributed by atoms with Gasteiger partial charge in [0.1, 0.15) is 6.54 Å². The summed E-state index contributed by atoms with van der Waals surface area (Å²) in [5.41, 5.74) is 0. The maximum Gasteiger partial charge on any atom is 0.243 e.